The Hall–Kier alpha value is -1.55. The van der Waals surface area contributed by atoms with Gasteiger partial charge in [-0.2, -0.15) is 5.10 Å². The molecule has 2 aromatic heterocycles. The van der Waals surface area contributed by atoms with Gasteiger partial charge in [-0.25, -0.2) is 0 Å². The van der Waals surface area contributed by atoms with Gasteiger partial charge in [0.25, 0.3) is 0 Å². The number of furan rings is 1. The SMILES string of the molecule is Cc1nn(C)cc1C(C)NC(C)Cc1ccco1. The number of hydrogen-bond donors (Lipinski definition) is 1. The van der Waals surface area contributed by atoms with E-state index in [0.717, 1.165) is 17.9 Å². The highest BCUT2D eigenvalue weighted by Crippen LogP contribution is 2.17. The van der Waals surface area contributed by atoms with Crippen LogP contribution in [0.4, 0.5) is 0 Å². The summed E-state index contributed by atoms with van der Waals surface area (Å²) in [6.07, 6.45) is 4.69. The molecular weight excluding hydrogens is 226 g/mol. The van der Waals surface area contributed by atoms with Gasteiger partial charge in [0.15, 0.2) is 0 Å². The van der Waals surface area contributed by atoms with E-state index in [0.29, 0.717) is 12.1 Å². The highest BCUT2D eigenvalue weighted by Gasteiger charge is 2.14. The average molecular weight is 247 g/mol. The molecule has 0 bridgehead atoms. The number of rotatable bonds is 5. The fourth-order valence-corrected chi connectivity index (χ4v) is 2.35. The van der Waals surface area contributed by atoms with Crippen LogP contribution in [0.5, 0.6) is 0 Å². The Labute approximate surface area is 108 Å². The largest absolute Gasteiger partial charge is 0.469 e. The molecule has 4 nitrogen and oxygen atoms in total. The first-order valence-electron chi connectivity index (χ1n) is 6.35. The van der Waals surface area contributed by atoms with Crippen molar-refractivity contribution in [2.75, 3.05) is 0 Å². The molecule has 2 unspecified atom stereocenters. The minimum atomic E-state index is 0.295. The minimum Gasteiger partial charge on any atom is -0.469 e. The van der Waals surface area contributed by atoms with Crippen LogP contribution in [0, 0.1) is 6.92 Å². The molecule has 4 heteroatoms. The minimum absolute atomic E-state index is 0.295. The van der Waals surface area contributed by atoms with Crippen LogP contribution in [-0.2, 0) is 13.5 Å². The molecule has 0 saturated heterocycles. The van der Waals surface area contributed by atoms with E-state index in [9.17, 15) is 0 Å². The Morgan fingerprint density at radius 3 is 2.78 bits per heavy atom. The highest BCUT2D eigenvalue weighted by molar-refractivity contribution is 5.19. The van der Waals surface area contributed by atoms with Crippen LogP contribution in [-0.4, -0.2) is 15.8 Å². The number of nitrogens with zero attached hydrogens (tertiary/aromatic N) is 2. The van der Waals surface area contributed by atoms with Crippen LogP contribution in [0.25, 0.3) is 0 Å². The summed E-state index contributed by atoms with van der Waals surface area (Å²) in [5, 5.41) is 7.95. The molecule has 0 aliphatic carbocycles. The van der Waals surface area contributed by atoms with Crippen LogP contribution in [0.1, 0.15) is 36.9 Å². The smallest absolute Gasteiger partial charge is 0.105 e. The molecule has 2 atom stereocenters. The first kappa shape index (κ1) is 12.9. The van der Waals surface area contributed by atoms with Crippen LogP contribution < -0.4 is 5.32 Å². The number of hydrogen-bond acceptors (Lipinski definition) is 3. The lowest BCUT2D eigenvalue weighted by Crippen LogP contribution is -2.30. The number of nitrogens with one attached hydrogen (secondary N) is 1. The molecule has 2 aromatic rings. The average Bonchev–Trinajstić information content (AvgIpc) is 2.88. The summed E-state index contributed by atoms with van der Waals surface area (Å²) in [4.78, 5) is 0. The summed E-state index contributed by atoms with van der Waals surface area (Å²) < 4.78 is 7.22. The standard InChI is InChI=1S/C14H21N3O/c1-10(8-13-6-5-7-18-13)15-11(2)14-9-17(4)16-12(14)3/h5-7,9-11,15H,8H2,1-4H3. The first-order valence-corrected chi connectivity index (χ1v) is 6.35. The third-order valence-corrected chi connectivity index (χ3v) is 3.14. The van der Waals surface area contributed by atoms with Crippen molar-refractivity contribution >= 4 is 0 Å². The Bertz CT molecular complexity index is 487. The predicted molar refractivity (Wildman–Crippen MR) is 71.4 cm³/mol. The van der Waals surface area contributed by atoms with Crippen LogP contribution in [0.15, 0.2) is 29.0 Å². The summed E-state index contributed by atoms with van der Waals surface area (Å²) in [5.74, 6) is 1.02. The van der Waals surface area contributed by atoms with Gasteiger partial charge in [-0.1, -0.05) is 0 Å². The van der Waals surface area contributed by atoms with Crippen molar-refractivity contribution in [3.05, 3.63) is 41.6 Å². The molecule has 1 N–H and O–H groups in total. The maximum absolute atomic E-state index is 5.36. The zero-order valence-corrected chi connectivity index (χ0v) is 11.5. The van der Waals surface area contributed by atoms with Gasteiger partial charge in [-0.05, 0) is 32.9 Å². The molecule has 0 fully saturated rings. The van der Waals surface area contributed by atoms with Crippen molar-refractivity contribution in [3.63, 3.8) is 0 Å². The Morgan fingerprint density at radius 2 is 2.22 bits per heavy atom. The second-order valence-electron chi connectivity index (χ2n) is 4.92. The molecule has 2 rings (SSSR count). The van der Waals surface area contributed by atoms with Crippen LogP contribution in [0.3, 0.4) is 0 Å². The first-order chi connectivity index (χ1) is 8.56. The number of aromatic nitrogens is 2. The van der Waals surface area contributed by atoms with Crippen molar-refractivity contribution in [1.82, 2.24) is 15.1 Å². The van der Waals surface area contributed by atoms with E-state index < -0.39 is 0 Å². The van der Waals surface area contributed by atoms with Crippen molar-refractivity contribution < 1.29 is 4.42 Å². The van der Waals surface area contributed by atoms with E-state index in [1.54, 1.807) is 6.26 Å². The summed E-state index contributed by atoms with van der Waals surface area (Å²) in [7, 11) is 1.95. The molecule has 2 heterocycles. The van der Waals surface area contributed by atoms with Gasteiger partial charge in [-0.3, -0.25) is 4.68 Å². The van der Waals surface area contributed by atoms with E-state index in [-0.39, 0.29) is 0 Å². The lowest BCUT2D eigenvalue weighted by atomic mass is 10.1. The Balaban J connectivity index is 1.94. The molecule has 0 aliphatic rings. The van der Waals surface area contributed by atoms with Crippen LogP contribution in [0.2, 0.25) is 0 Å². The van der Waals surface area contributed by atoms with Gasteiger partial charge in [0.05, 0.1) is 12.0 Å². The summed E-state index contributed by atoms with van der Waals surface area (Å²) in [6, 6.07) is 4.60. The summed E-state index contributed by atoms with van der Waals surface area (Å²) in [6.45, 7) is 6.39. The van der Waals surface area contributed by atoms with E-state index in [2.05, 4.69) is 30.5 Å². The predicted octanol–water partition coefficient (Wildman–Crippen LogP) is 2.60. The van der Waals surface area contributed by atoms with E-state index in [4.69, 9.17) is 4.42 Å². The molecule has 0 aromatic carbocycles. The van der Waals surface area contributed by atoms with Crippen molar-refractivity contribution in [3.8, 4) is 0 Å². The lowest BCUT2D eigenvalue weighted by molar-refractivity contribution is 0.428. The second kappa shape index (κ2) is 5.40. The summed E-state index contributed by atoms with van der Waals surface area (Å²) >= 11 is 0. The maximum Gasteiger partial charge on any atom is 0.105 e. The topological polar surface area (TPSA) is 43.0 Å². The fourth-order valence-electron chi connectivity index (χ4n) is 2.35. The normalized spacial score (nSPS) is 14.7. The maximum atomic E-state index is 5.36. The fraction of sp³-hybridized carbons (Fsp3) is 0.500. The number of aryl methyl sites for hydroxylation is 2. The molecular formula is C14H21N3O. The third kappa shape index (κ3) is 3.01. The van der Waals surface area contributed by atoms with Crippen molar-refractivity contribution in [1.29, 1.82) is 0 Å². The van der Waals surface area contributed by atoms with Gasteiger partial charge < -0.3 is 9.73 Å². The van der Waals surface area contributed by atoms with Crippen LogP contribution >= 0.6 is 0 Å². The van der Waals surface area contributed by atoms with Gasteiger partial charge in [-0.15, -0.1) is 0 Å². The van der Waals surface area contributed by atoms with Gasteiger partial charge in [0, 0.05) is 37.3 Å². The van der Waals surface area contributed by atoms with E-state index in [1.807, 2.05) is 30.8 Å². The van der Waals surface area contributed by atoms with E-state index in [1.165, 1.54) is 5.56 Å². The summed E-state index contributed by atoms with van der Waals surface area (Å²) in [5.41, 5.74) is 2.34. The molecule has 0 aliphatic heterocycles. The zero-order chi connectivity index (χ0) is 13.1. The highest BCUT2D eigenvalue weighted by atomic mass is 16.3. The van der Waals surface area contributed by atoms with Gasteiger partial charge in [0.1, 0.15) is 5.76 Å². The zero-order valence-electron chi connectivity index (χ0n) is 11.5. The van der Waals surface area contributed by atoms with Gasteiger partial charge in [0.2, 0.25) is 0 Å². The monoisotopic (exact) mass is 247 g/mol. The lowest BCUT2D eigenvalue weighted by Gasteiger charge is -2.19. The molecule has 18 heavy (non-hydrogen) atoms. The Kier molecular flexibility index (Phi) is 3.87. The quantitative estimate of drug-likeness (QED) is 0.883. The van der Waals surface area contributed by atoms with Crippen molar-refractivity contribution in [2.45, 2.75) is 39.3 Å². The molecule has 0 amide bonds. The molecule has 0 saturated carbocycles. The second-order valence-corrected chi connectivity index (χ2v) is 4.92. The van der Waals surface area contributed by atoms with E-state index >= 15 is 0 Å². The molecule has 0 radical (unpaired) electrons. The Morgan fingerprint density at radius 1 is 1.44 bits per heavy atom. The molecule has 98 valence electrons. The van der Waals surface area contributed by atoms with Gasteiger partial charge >= 0.3 is 0 Å². The van der Waals surface area contributed by atoms with Crippen molar-refractivity contribution in [2.24, 2.45) is 7.05 Å². The molecule has 0 spiro atoms. The third-order valence-electron chi connectivity index (χ3n) is 3.14.